The first kappa shape index (κ1) is 77.5. The molecule has 0 aliphatic heterocycles. The lowest BCUT2D eigenvalue weighted by atomic mass is 9.42. The van der Waals surface area contributed by atoms with Gasteiger partial charge in [-0.15, -0.1) is 17.0 Å². The molecule has 12 saturated carbocycles. The Labute approximate surface area is 689 Å². The smallest absolute Gasteiger partial charge is 0.385 e. The molecule has 0 amide bonds. The van der Waals surface area contributed by atoms with Gasteiger partial charge in [0, 0.05) is 72.6 Å². The Hall–Kier alpha value is -7.40. The van der Waals surface area contributed by atoms with Gasteiger partial charge in [-0.25, -0.2) is 45.1 Å². The van der Waals surface area contributed by atoms with Crippen LogP contribution in [0.1, 0.15) is 137 Å². The monoisotopic (exact) mass is 1670 g/mol. The molecule has 14 aromatic rings. The molecule has 0 unspecified atom stereocenters. The van der Waals surface area contributed by atoms with Crippen molar-refractivity contribution in [2.45, 2.75) is 136 Å². The van der Waals surface area contributed by atoms with Crippen LogP contribution in [0.3, 0.4) is 0 Å². The number of benzene rings is 8. The van der Waals surface area contributed by atoms with E-state index in [-0.39, 0.29) is 29.8 Å². The summed E-state index contributed by atoms with van der Waals surface area (Å²) in [6.45, 7) is 6.45. The molecule has 0 atom stereocenters. The van der Waals surface area contributed by atoms with E-state index in [2.05, 4.69) is 244 Å². The first-order chi connectivity index (χ1) is 53.1. The number of ketones is 1. The lowest BCUT2D eigenvalue weighted by Crippen LogP contribution is -2.56. The van der Waals surface area contributed by atoms with Crippen molar-refractivity contribution in [3.8, 4) is 17.5 Å². The molecule has 12 fully saturated rings. The van der Waals surface area contributed by atoms with Gasteiger partial charge in [0.2, 0.25) is 0 Å². The second-order valence-electron chi connectivity index (χ2n) is 33.5. The van der Waals surface area contributed by atoms with Gasteiger partial charge in [0.1, 0.15) is 23.2 Å². The Balaban J connectivity index is 0.000000112. The number of para-hydroxylation sites is 3. The third kappa shape index (κ3) is 14.6. The molecule has 26 rings (SSSR count). The summed E-state index contributed by atoms with van der Waals surface area (Å²) in [5.41, 5.74) is 14.5. The predicted molar refractivity (Wildman–Crippen MR) is 472 cm³/mol. The van der Waals surface area contributed by atoms with E-state index in [4.69, 9.17) is 40.1 Å². The molecule has 1 N–H and O–H groups in total. The van der Waals surface area contributed by atoms with Gasteiger partial charge in [-0.2, -0.15) is 0 Å². The summed E-state index contributed by atoms with van der Waals surface area (Å²) < 4.78 is 7.94. The normalized spacial score (nSPS) is 26.3. The van der Waals surface area contributed by atoms with Crippen molar-refractivity contribution in [2.24, 2.45) is 71.0 Å². The highest BCUT2D eigenvalue weighted by Crippen LogP contribution is 2.66. The van der Waals surface area contributed by atoms with Gasteiger partial charge in [-0.05, 0) is 282 Å². The number of aryl methyl sites for hydroxylation is 3. The molecular formula is C97H98AlBr2Cl3N6O2. The molecule has 6 heterocycles. The third-order valence-corrected chi connectivity index (χ3v) is 27.5. The Bertz CT molecular complexity index is 5590. The topological polar surface area (TPSA) is 90.8 Å². The molecule has 111 heavy (non-hydrogen) atoms. The maximum absolute atomic E-state index is 12.1. The highest BCUT2D eigenvalue weighted by Gasteiger charge is 2.60. The molecule has 6 aromatic heterocycles. The Morgan fingerprint density at radius 1 is 0.360 bits per heavy atom. The highest BCUT2D eigenvalue weighted by atomic mass is 79.9. The van der Waals surface area contributed by atoms with E-state index in [1.807, 2.05) is 60.9 Å². The standard InChI is InChI=1S/C34H32N2.C28H28N2O.C18H13BrN2.C10H14O.C6H6.CH4.Al.BrH.3ClH/c1-22-11-12-30-29-9-5-6-10-31(29)36(32(30)15-22)33-21-26(13-14-35-33)34(25-7-3-2-4-8-25)27-17-23-16-24(19-27)20-28(34)18-23;1-17-6-7-24-23-4-2-3-5-25(23)30(26(24)10-17)27-16-20(8-9-29-27)28(31)21-12-18-11-19(14-21)15-22(28)13-18;1-12-6-7-15-14-4-2-3-5-16(14)21(17(15)10-12)18-11-13(19)8-9-20-18;11-10-8-2-6-1-7(4-8)5-9(10)3-6;1-2-4-6-5-3-1;;;;;;/h2-15,21,23-24,27-28H,16-20H2,1H3;2-10,16,18-19,21-22,31H,11-15H2,1H3;2-11H,1H3;6-9H,1-5H2;1-6H;1H4;;4*1H/q;;;;;;+3;;;;/p-3. The fraction of sp³-hybridized carbons (Fsp3) is 0.340. The molecule has 12 aliphatic carbocycles. The number of hydrogen-bond donors (Lipinski definition) is 1. The minimum Gasteiger partial charge on any atom is -0.385 e. The minimum atomic E-state index is -1.72. The summed E-state index contributed by atoms with van der Waals surface area (Å²) in [5.74, 6) is 12.2. The third-order valence-electron chi connectivity index (χ3n) is 27.0. The number of Topliss-reactive ketones (excluding diaryl/α,β-unsaturated/α-hetero) is 1. The second-order valence-corrected chi connectivity index (χ2v) is 40.9. The second kappa shape index (κ2) is 32.5. The van der Waals surface area contributed by atoms with E-state index in [1.165, 1.54) is 190 Å². The van der Waals surface area contributed by atoms with Crippen LogP contribution < -0.4 is 0 Å². The van der Waals surface area contributed by atoms with Crippen LogP contribution in [0.15, 0.2) is 254 Å². The van der Waals surface area contributed by atoms with Crippen LogP contribution in [0.4, 0.5) is 0 Å². The SMILES string of the molecule is Br.C.Cc1ccc2c3ccccc3n(-c3cc(Br)ccn3)c2c1.Cc1ccc2c3ccccc3n(-c3cc(C4(O)C5CC6CC(C5)CC4C6)ccn3)c2c1.Cc1ccc2c3ccccc3n(-c3cc(C4(c5ccccc5)C5CC6CC(C5)CC4C6)ccn3)c2c1.O=C1C2CC3CC(C2)CC1C3.[Cl][Al]([Cl])[Cl].c1ccccc1. The molecule has 566 valence electrons. The quantitative estimate of drug-likeness (QED) is 0.168. The molecule has 8 aromatic carbocycles. The van der Waals surface area contributed by atoms with Crippen molar-refractivity contribution >= 4 is 146 Å². The number of rotatable bonds is 6. The van der Waals surface area contributed by atoms with Crippen LogP contribution in [0.2, 0.25) is 0 Å². The number of carbonyl (C=O) groups excluding carboxylic acids is 1. The number of carbonyl (C=O) groups is 1. The fourth-order valence-corrected chi connectivity index (χ4v) is 23.6. The van der Waals surface area contributed by atoms with E-state index < -0.39 is 17.0 Å². The van der Waals surface area contributed by atoms with Crippen molar-refractivity contribution in [1.82, 2.24) is 28.7 Å². The van der Waals surface area contributed by atoms with Crippen molar-refractivity contribution in [1.29, 1.82) is 0 Å². The van der Waals surface area contributed by atoms with E-state index >= 15 is 0 Å². The molecule has 12 bridgehead atoms. The summed E-state index contributed by atoms with van der Waals surface area (Å²) >= 11 is 1.81. The van der Waals surface area contributed by atoms with Gasteiger partial charge in [-0.1, -0.05) is 181 Å². The zero-order valence-corrected chi connectivity index (χ0v) is 69.5. The minimum absolute atomic E-state index is 0. The number of halogens is 5. The summed E-state index contributed by atoms with van der Waals surface area (Å²) in [7, 11) is 14.8. The molecular weight excluding hydrogens is 1570 g/mol. The molecule has 0 spiro atoms. The number of fused-ring (bicyclic) bond motifs is 9. The number of aliphatic hydroxyl groups is 1. The largest absolute Gasteiger partial charge is 0.643 e. The van der Waals surface area contributed by atoms with Crippen LogP contribution in [0.25, 0.3) is 82.9 Å². The van der Waals surface area contributed by atoms with Crippen LogP contribution in [0.5, 0.6) is 0 Å². The van der Waals surface area contributed by atoms with Gasteiger partial charge in [0.05, 0.1) is 38.7 Å². The first-order valence-electron chi connectivity index (χ1n) is 39.9. The Morgan fingerprint density at radius 3 is 1.05 bits per heavy atom. The summed E-state index contributed by atoms with van der Waals surface area (Å²) in [6, 6.07) is 82.4. The average Bonchev–Trinajstić information content (AvgIpc) is 1.39. The average molecular weight is 1670 g/mol. The lowest BCUT2D eigenvalue weighted by molar-refractivity contribution is -0.179. The van der Waals surface area contributed by atoms with Crippen molar-refractivity contribution in [3.05, 3.63) is 287 Å². The van der Waals surface area contributed by atoms with Gasteiger partial charge in [0.25, 0.3) is 0 Å². The van der Waals surface area contributed by atoms with Crippen molar-refractivity contribution in [2.75, 3.05) is 0 Å². The number of nitrogens with zero attached hydrogens (tertiary/aromatic N) is 6. The van der Waals surface area contributed by atoms with Gasteiger partial charge in [-0.3, -0.25) is 18.5 Å². The van der Waals surface area contributed by atoms with Crippen LogP contribution in [0, 0.1) is 91.8 Å². The van der Waals surface area contributed by atoms with E-state index in [1.54, 1.807) is 0 Å². The van der Waals surface area contributed by atoms with Gasteiger partial charge in [0.15, 0.2) is 0 Å². The predicted octanol–water partition coefficient (Wildman–Crippen LogP) is 26.2. The van der Waals surface area contributed by atoms with E-state index in [0.29, 0.717) is 29.5 Å². The van der Waals surface area contributed by atoms with Crippen LogP contribution in [-0.2, 0) is 15.8 Å². The number of hydrogen-bond acceptors (Lipinski definition) is 5. The molecule has 0 saturated heterocycles. The first-order valence-corrected chi connectivity index (χ1v) is 45.9. The Morgan fingerprint density at radius 2 is 0.667 bits per heavy atom. The Kier molecular flexibility index (Phi) is 22.7. The molecule has 12 aliphatic rings. The van der Waals surface area contributed by atoms with E-state index in [0.717, 1.165) is 74.8 Å². The maximum atomic E-state index is 12.1. The molecule has 8 nitrogen and oxygen atoms in total. The molecule has 14 heteroatoms. The van der Waals surface area contributed by atoms with Gasteiger partial charge < -0.3 is 5.11 Å². The number of aromatic nitrogens is 6. The van der Waals surface area contributed by atoms with E-state index in [9.17, 15) is 9.90 Å². The van der Waals surface area contributed by atoms with Gasteiger partial charge >= 0.3 is 11.4 Å². The molecule has 0 radical (unpaired) electrons. The summed E-state index contributed by atoms with van der Waals surface area (Å²) in [5, 5.41) is 19.7. The maximum Gasteiger partial charge on any atom is 0.643 e. The summed E-state index contributed by atoms with van der Waals surface area (Å²) in [4.78, 5) is 25.9. The highest BCUT2D eigenvalue weighted by molar-refractivity contribution is 9.10. The zero-order chi connectivity index (χ0) is 74.2. The van der Waals surface area contributed by atoms with Crippen LogP contribution >= 0.6 is 63.1 Å². The fourth-order valence-electron chi connectivity index (χ4n) is 23.2. The summed E-state index contributed by atoms with van der Waals surface area (Å²) in [6.07, 6.45) is 25.4. The zero-order valence-electron chi connectivity index (χ0n) is 62.7. The lowest BCUT2D eigenvalue weighted by Gasteiger charge is -2.62. The van der Waals surface area contributed by atoms with Crippen molar-refractivity contribution in [3.63, 3.8) is 0 Å². The van der Waals surface area contributed by atoms with Crippen LogP contribution in [-0.4, -0.2) is 50.9 Å². The number of pyridine rings is 3. The van der Waals surface area contributed by atoms with Crippen molar-refractivity contribution < 1.29 is 9.90 Å².